The molecule has 2 aromatic carbocycles. The van der Waals surface area contributed by atoms with Crippen LogP contribution in [0.1, 0.15) is 16.7 Å². The molecular formula is C21H16ClN3O2. The molecule has 0 N–H and O–H groups in total. The van der Waals surface area contributed by atoms with Crippen molar-refractivity contribution in [3.8, 4) is 11.6 Å². The minimum atomic E-state index is -0.454. The van der Waals surface area contributed by atoms with Gasteiger partial charge in [-0.3, -0.25) is 0 Å². The lowest BCUT2D eigenvalue weighted by Gasteiger charge is -2.16. The molecule has 0 spiro atoms. The van der Waals surface area contributed by atoms with Crippen LogP contribution in [0.15, 0.2) is 71.5 Å². The van der Waals surface area contributed by atoms with Crippen molar-refractivity contribution in [3.05, 3.63) is 98.9 Å². The van der Waals surface area contributed by atoms with Crippen LogP contribution in [0.4, 0.5) is 0 Å². The monoisotopic (exact) mass is 377 g/mol. The van der Waals surface area contributed by atoms with Crippen LogP contribution in [0, 0.1) is 6.92 Å². The lowest BCUT2D eigenvalue weighted by atomic mass is 10.1. The summed E-state index contributed by atoms with van der Waals surface area (Å²) in [7, 11) is 0. The van der Waals surface area contributed by atoms with Gasteiger partial charge in [-0.25, -0.2) is 9.36 Å². The molecule has 0 aliphatic heterocycles. The topological polar surface area (TPSA) is 61.3 Å². The van der Waals surface area contributed by atoms with Gasteiger partial charge in [0.15, 0.2) is 5.15 Å². The van der Waals surface area contributed by atoms with Crippen LogP contribution < -0.4 is 15.2 Å². The Bertz CT molecular complexity index is 1190. The zero-order chi connectivity index (χ0) is 19.0. The quantitative estimate of drug-likeness (QED) is 0.515. The highest BCUT2D eigenvalue weighted by atomic mass is 35.5. The fourth-order valence-corrected chi connectivity index (χ4v) is 3.20. The van der Waals surface area contributed by atoms with E-state index in [0.29, 0.717) is 11.3 Å². The van der Waals surface area contributed by atoms with Gasteiger partial charge in [0.1, 0.15) is 5.69 Å². The Morgan fingerprint density at radius 2 is 1.74 bits per heavy atom. The molecule has 0 atom stereocenters. The fourth-order valence-electron chi connectivity index (χ4n) is 3.07. The summed E-state index contributed by atoms with van der Waals surface area (Å²) in [5.41, 5.74) is 2.69. The maximum Gasteiger partial charge on any atom is 0.366 e. The van der Waals surface area contributed by atoms with Crippen LogP contribution in [-0.2, 0) is 6.42 Å². The second kappa shape index (κ2) is 6.85. The molecule has 0 radical (unpaired) electrons. The summed E-state index contributed by atoms with van der Waals surface area (Å²) in [5, 5.41) is 17.6. The minimum Gasteiger partial charge on any atom is -0.842 e. The van der Waals surface area contributed by atoms with Gasteiger partial charge < -0.3 is 5.11 Å². The number of fused-ring (bicyclic) bond motifs is 1. The molecule has 2 aromatic heterocycles. The standard InChI is InChI=1S/C21H16ClN3O2/c1-14-7-9-16(10-8-14)24-19-12-11-18(22)23-25(19)21(27)17(20(24)26)13-15-5-3-2-4-6-15/h2-12H,13H2,1H3. The highest BCUT2D eigenvalue weighted by Crippen LogP contribution is 2.16. The number of benzene rings is 2. The van der Waals surface area contributed by atoms with Gasteiger partial charge >= 0.3 is 11.2 Å². The average molecular weight is 378 g/mol. The zero-order valence-electron chi connectivity index (χ0n) is 14.6. The second-order valence-corrected chi connectivity index (χ2v) is 6.74. The van der Waals surface area contributed by atoms with Gasteiger partial charge in [-0.1, -0.05) is 69.2 Å². The third-order valence-corrected chi connectivity index (χ3v) is 4.64. The summed E-state index contributed by atoms with van der Waals surface area (Å²) in [6.07, 6.45) is 0.224. The Balaban J connectivity index is 2.03. The Labute approximate surface area is 160 Å². The Morgan fingerprint density at radius 3 is 2.44 bits per heavy atom. The summed E-state index contributed by atoms with van der Waals surface area (Å²) in [6, 6.07) is 20.1. The van der Waals surface area contributed by atoms with Crippen molar-refractivity contribution in [1.82, 2.24) is 9.61 Å². The first kappa shape index (κ1) is 17.2. The molecule has 0 saturated carbocycles. The van der Waals surface area contributed by atoms with Crippen molar-refractivity contribution >= 4 is 17.2 Å². The average Bonchev–Trinajstić information content (AvgIpc) is 2.68. The van der Waals surface area contributed by atoms with Gasteiger partial charge in [-0.05, 0) is 30.7 Å². The molecule has 0 aliphatic carbocycles. The second-order valence-electron chi connectivity index (χ2n) is 6.35. The van der Waals surface area contributed by atoms with Crippen LogP contribution in [0.3, 0.4) is 0 Å². The molecule has 2 heterocycles. The summed E-state index contributed by atoms with van der Waals surface area (Å²) in [4.78, 5) is 13.0. The van der Waals surface area contributed by atoms with Gasteiger partial charge in [0.25, 0.3) is 0 Å². The van der Waals surface area contributed by atoms with Gasteiger partial charge in [0, 0.05) is 12.5 Å². The third-order valence-electron chi connectivity index (χ3n) is 4.44. The molecule has 134 valence electrons. The van der Waals surface area contributed by atoms with E-state index in [9.17, 15) is 9.90 Å². The SMILES string of the molecule is Cc1ccc(-[n+]2c([O-])c(Cc3ccccc3)c(=O)n3nc(Cl)ccc32)cc1. The highest BCUT2D eigenvalue weighted by Gasteiger charge is 2.22. The van der Waals surface area contributed by atoms with Crippen LogP contribution in [0.25, 0.3) is 11.3 Å². The molecular weight excluding hydrogens is 362 g/mol. The third kappa shape index (κ3) is 3.17. The lowest BCUT2D eigenvalue weighted by Crippen LogP contribution is -2.43. The normalized spacial score (nSPS) is 11.0. The van der Waals surface area contributed by atoms with Gasteiger partial charge in [-0.2, -0.15) is 0 Å². The van der Waals surface area contributed by atoms with Crippen molar-refractivity contribution in [1.29, 1.82) is 0 Å². The molecule has 0 fully saturated rings. The van der Waals surface area contributed by atoms with Crippen LogP contribution in [0.5, 0.6) is 5.88 Å². The summed E-state index contributed by atoms with van der Waals surface area (Å²) >= 11 is 6.00. The van der Waals surface area contributed by atoms with Gasteiger partial charge in [0.05, 0.1) is 11.4 Å². The molecule has 5 nitrogen and oxygen atoms in total. The van der Waals surface area contributed by atoms with E-state index in [0.717, 1.165) is 11.1 Å². The first-order valence-corrected chi connectivity index (χ1v) is 8.87. The van der Waals surface area contributed by atoms with Gasteiger partial charge in [0.2, 0.25) is 0 Å². The van der Waals surface area contributed by atoms with E-state index in [1.54, 1.807) is 12.1 Å². The highest BCUT2D eigenvalue weighted by molar-refractivity contribution is 6.29. The Kier molecular flexibility index (Phi) is 4.38. The Hall–Kier alpha value is -3.18. The number of aryl methyl sites for hydroxylation is 1. The van der Waals surface area contributed by atoms with E-state index in [-0.39, 0.29) is 23.0 Å². The van der Waals surface area contributed by atoms with E-state index in [1.165, 1.54) is 9.08 Å². The van der Waals surface area contributed by atoms with Crippen molar-refractivity contribution in [2.24, 2.45) is 0 Å². The minimum absolute atomic E-state index is 0.147. The van der Waals surface area contributed by atoms with Crippen LogP contribution in [0.2, 0.25) is 5.15 Å². The molecule has 0 unspecified atom stereocenters. The number of nitrogens with zero attached hydrogens (tertiary/aromatic N) is 3. The molecule has 6 heteroatoms. The van der Waals surface area contributed by atoms with Crippen molar-refractivity contribution in [2.45, 2.75) is 13.3 Å². The number of halogens is 1. The maximum atomic E-state index is 13.3. The molecule has 4 aromatic rings. The summed E-state index contributed by atoms with van der Waals surface area (Å²) in [5.74, 6) is -0.350. The summed E-state index contributed by atoms with van der Waals surface area (Å²) < 4.78 is 2.70. The van der Waals surface area contributed by atoms with E-state index in [4.69, 9.17) is 11.6 Å². The van der Waals surface area contributed by atoms with Crippen molar-refractivity contribution < 1.29 is 9.67 Å². The van der Waals surface area contributed by atoms with E-state index in [1.807, 2.05) is 61.5 Å². The Morgan fingerprint density at radius 1 is 1.04 bits per heavy atom. The largest absolute Gasteiger partial charge is 0.842 e. The van der Waals surface area contributed by atoms with Crippen LogP contribution in [-0.4, -0.2) is 9.61 Å². The van der Waals surface area contributed by atoms with Crippen molar-refractivity contribution in [3.63, 3.8) is 0 Å². The fraction of sp³-hybridized carbons (Fsp3) is 0.0952. The molecule has 27 heavy (non-hydrogen) atoms. The smallest absolute Gasteiger partial charge is 0.366 e. The molecule has 0 amide bonds. The van der Waals surface area contributed by atoms with E-state index >= 15 is 0 Å². The molecule has 0 bridgehead atoms. The predicted molar refractivity (Wildman–Crippen MR) is 101 cm³/mol. The lowest BCUT2D eigenvalue weighted by molar-refractivity contribution is -0.632. The molecule has 0 saturated heterocycles. The van der Waals surface area contributed by atoms with Crippen molar-refractivity contribution in [2.75, 3.05) is 0 Å². The maximum absolute atomic E-state index is 13.3. The molecule has 0 aliphatic rings. The number of rotatable bonds is 3. The first-order chi connectivity index (χ1) is 13.0. The zero-order valence-corrected chi connectivity index (χ0v) is 15.3. The van der Waals surface area contributed by atoms with Crippen LogP contribution >= 0.6 is 11.6 Å². The predicted octanol–water partition coefficient (Wildman–Crippen LogP) is 2.60. The number of hydrogen-bond acceptors (Lipinski definition) is 3. The molecule has 4 rings (SSSR count). The van der Waals surface area contributed by atoms with E-state index in [2.05, 4.69) is 5.10 Å². The first-order valence-electron chi connectivity index (χ1n) is 8.49. The van der Waals surface area contributed by atoms with E-state index < -0.39 is 5.56 Å². The number of aromatic nitrogens is 3. The van der Waals surface area contributed by atoms with Gasteiger partial charge in [-0.15, -0.1) is 0 Å². The number of hydrogen-bond donors (Lipinski definition) is 0. The summed E-state index contributed by atoms with van der Waals surface area (Å²) in [6.45, 7) is 1.97.